The first kappa shape index (κ1) is 23.0. The number of carbonyl (C=O) groups is 2. The number of amides is 2. The molecule has 2 aliphatic heterocycles. The first-order valence-corrected chi connectivity index (χ1v) is 11.7. The van der Waals surface area contributed by atoms with Gasteiger partial charge in [0.1, 0.15) is 0 Å². The average molecular weight is 475 g/mol. The molecule has 2 aliphatic rings. The van der Waals surface area contributed by atoms with E-state index in [-0.39, 0.29) is 34.8 Å². The van der Waals surface area contributed by atoms with Gasteiger partial charge < -0.3 is 4.74 Å². The maximum absolute atomic E-state index is 13.3. The van der Waals surface area contributed by atoms with E-state index in [4.69, 9.17) is 9.57 Å². The molecule has 0 saturated carbocycles. The molecular formula is C21H21N3O8S. The standard InChI is InChI=1S/C21H21N3O8S/c25-20-17-5-1-2-6-18(17)21(26)22(20)12-13-23(32-19-7-3-4-14-31-19)33(29,30)16-10-8-15(9-11-16)24(27)28/h1-2,5-6,8-11,19H,3-4,7,12-14H2. The third-order valence-corrected chi connectivity index (χ3v) is 7.04. The molecule has 1 atom stereocenters. The second-order valence-electron chi connectivity index (χ2n) is 7.49. The maximum atomic E-state index is 13.3. The molecule has 4 rings (SSSR count). The summed E-state index contributed by atoms with van der Waals surface area (Å²) in [7, 11) is -4.28. The van der Waals surface area contributed by atoms with E-state index in [2.05, 4.69) is 0 Å². The minimum atomic E-state index is -4.28. The third-order valence-electron chi connectivity index (χ3n) is 5.37. The SMILES string of the molecule is O=C1c2ccccc2C(=O)N1CCN(OC1CCCCO1)S(=O)(=O)c1ccc([N+](=O)[O-])cc1. The van der Waals surface area contributed by atoms with Gasteiger partial charge in [-0.1, -0.05) is 16.6 Å². The largest absolute Gasteiger partial charge is 0.351 e. The number of nitrogens with zero attached hydrogens (tertiary/aromatic N) is 3. The number of non-ortho nitro benzene ring substituents is 1. The lowest BCUT2D eigenvalue weighted by Gasteiger charge is -2.29. The molecule has 1 fully saturated rings. The number of rotatable bonds is 8. The van der Waals surface area contributed by atoms with Gasteiger partial charge >= 0.3 is 0 Å². The number of carbonyl (C=O) groups excluding carboxylic acids is 2. The van der Waals surface area contributed by atoms with Crippen LogP contribution in [0.15, 0.2) is 53.4 Å². The predicted octanol–water partition coefficient (Wildman–Crippen LogP) is 2.34. The summed E-state index contributed by atoms with van der Waals surface area (Å²) in [6, 6.07) is 10.7. The summed E-state index contributed by atoms with van der Waals surface area (Å²) in [5, 5.41) is 10.9. The van der Waals surface area contributed by atoms with Gasteiger partial charge in [-0.05, 0) is 37.1 Å². The number of hydrogen-bond donors (Lipinski definition) is 0. The van der Waals surface area contributed by atoms with Crippen molar-refractivity contribution in [2.45, 2.75) is 30.4 Å². The van der Waals surface area contributed by atoms with E-state index in [0.717, 1.165) is 42.0 Å². The lowest BCUT2D eigenvalue weighted by molar-refractivity contribution is -0.384. The van der Waals surface area contributed by atoms with Gasteiger partial charge in [-0.3, -0.25) is 29.4 Å². The summed E-state index contributed by atoms with van der Waals surface area (Å²) in [6.07, 6.45) is 1.27. The number of nitro benzene ring substituents is 1. The fourth-order valence-corrected chi connectivity index (χ4v) is 4.88. The zero-order valence-corrected chi connectivity index (χ0v) is 18.3. The Balaban J connectivity index is 1.56. The van der Waals surface area contributed by atoms with E-state index in [0.29, 0.717) is 17.5 Å². The molecule has 11 nitrogen and oxygen atoms in total. The minimum absolute atomic E-state index is 0.230. The molecule has 0 aliphatic carbocycles. The number of imide groups is 1. The molecular weight excluding hydrogens is 454 g/mol. The van der Waals surface area contributed by atoms with Gasteiger partial charge in [0.2, 0.25) is 0 Å². The number of nitro groups is 1. The Kier molecular flexibility index (Phi) is 6.51. The van der Waals surface area contributed by atoms with Crippen molar-refractivity contribution in [2.75, 3.05) is 19.7 Å². The molecule has 0 bridgehead atoms. The Labute approximate surface area is 189 Å². The van der Waals surface area contributed by atoms with Crippen LogP contribution in [0.1, 0.15) is 40.0 Å². The van der Waals surface area contributed by atoms with Gasteiger partial charge in [-0.2, -0.15) is 0 Å². The highest BCUT2D eigenvalue weighted by Crippen LogP contribution is 2.25. The third kappa shape index (κ3) is 4.64. The van der Waals surface area contributed by atoms with E-state index in [1.54, 1.807) is 12.1 Å². The van der Waals surface area contributed by atoms with Gasteiger partial charge in [-0.15, -0.1) is 0 Å². The number of fused-ring (bicyclic) bond motifs is 1. The fourth-order valence-electron chi connectivity index (χ4n) is 3.64. The summed E-state index contributed by atoms with van der Waals surface area (Å²) in [5.41, 5.74) is 0.246. The van der Waals surface area contributed by atoms with Gasteiger partial charge in [0.05, 0.1) is 27.5 Å². The molecule has 0 N–H and O–H groups in total. The maximum Gasteiger partial charge on any atom is 0.269 e. The van der Waals surface area contributed by atoms with E-state index < -0.39 is 33.1 Å². The lowest BCUT2D eigenvalue weighted by Crippen LogP contribution is -2.43. The van der Waals surface area contributed by atoms with Gasteiger partial charge in [-0.25, -0.2) is 8.42 Å². The van der Waals surface area contributed by atoms with Crippen molar-refractivity contribution < 1.29 is 32.5 Å². The highest BCUT2D eigenvalue weighted by molar-refractivity contribution is 7.89. The number of hydrogen-bond acceptors (Lipinski definition) is 8. The summed E-state index contributed by atoms with van der Waals surface area (Å²) >= 11 is 0. The summed E-state index contributed by atoms with van der Waals surface area (Å²) in [4.78, 5) is 41.9. The van der Waals surface area contributed by atoms with Crippen LogP contribution in [0.3, 0.4) is 0 Å². The van der Waals surface area contributed by atoms with Crippen LogP contribution in [0.25, 0.3) is 0 Å². The topological polar surface area (TPSA) is 136 Å². The lowest BCUT2D eigenvalue weighted by atomic mass is 10.1. The molecule has 0 aromatic heterocycles. The molecule has 12 heteroatoms. The molecule has 0 spiro atoms. The Morgan fingerprint density at radius 1 is 1.06 bits per heavy atom. The predicted molar refractivity (Wildman–Crippen MR) is 113 cm³/mol. The molecule has 1 saturated heterocycles. The van der Waals surface area contributed by atoms with Crippen LogP contribution >= 0.6 is 0 Å². The number of sulfonamides is 1. The number of benzene rings is 2. The van der Waals surface area contributed by atoms with Crippen molar-refractivity contribution in [3.8, 4) is 0 Å². The summed E-state index contributed by atoms with van der Waals surface area (Å²) in [5.74, 6) is -1.03. The van der Waals surface area contributed by atoms with Gasteiger partial charge in [0.15, 0.2) is 6.29 Å². The molecule has 2 aromatic rings. The van der Waals surface area contributed by atoms with Crippen molar-refractivity contribution >= 4 is 27.5 Å². The van der Waals surface area contributed by atoms with Crippen molar-refractivity contribution in [1.82, 2.24) is 9.37 Å². The Morgan fingerprint density at radius 2 is 1.70 bits per heavy atom. The van der Waals surface area contributed by atoms with Crippen LogP contribution in [0.4, 0.5) is 5.69 Å². The first-order chi connectivity index (χ1) is 15.8. The van der Waals surface area contributed by atoms with Gasteiger partial charge in [0, 0.05) is 31.7 Å². The fraction of sp³-hybridized carbons (Fsp3) is 0.333. The average Bonchev–Trinajstić information content (AvgIpc) is 3.07. The van der Waals surface area contributed by atoms with Crippen molar-refractivity contribution in [3.05, 3.63) is 69.8 Å². The Bertz CT molecular complexity index is 1140. The highest BCUT2D eigenvalue weighted by atomic mass is 32.2. The van der Waals surface area contributed by atoms with Crippen molar-refractivity contribution in [2.24, 2.45) is 0 Å². The molecule has 33 heavy (non-hydrogen) atoms. The van der Waals surface area contributed by atoms with E-state index >= 15 is 0 Å². The van der Waals surface area contributed by atoms with E-state index in [1.165, 1.54) is 12.1 Å². The van der Waals surface area contributed by atoms with Crippen LogP contribution in [-0.4, -0.2) is 60.5 Å². The van der Waals surface area contributed by atoms with Crippen LogP contribution in [0.5, 0.6) is 0 Å². The van der Waals surface area contributed by atoms with E-state index in [9.17, 15) is 28.1 Å². The first-order valence-electron chi connectivity index (χ1n) is 10.3. The number of hydroxylamine groups is 1. The second kappa shape index (κ2) is 9.35. The molecule has 0 radical (unpaired) electrons. The monoisotopic (exact) mass is 475 g/mol. The normalized spacial score (nSPS) is 18.6. The van der Waals surface area contributed by atoms with Gasteiger partial charge in [0.25, 0.3) is 27.5 Å². The van der Waals surface area contributed by atoms with E-state index in [1.807, 2.05) is 0 Å². The Morgan fingerprint density at radius 3 is 2.24 bits per heavy atom. The molecule has 2 aromatic carbocycles. The summed E-state index contributed by atoms with van der Waals surface area (Å²) in [6.45, 7) is -0.176. The Hall–Kier alpha value is -3.19. The van der Waals surface area contributed by atoms with Crippen LogP contribution in [0, 0.1) is 10.1 Å². The quantitative estimate of drug-likeness (QED) is 0.322. The smallest absolute Gasteiger partial charge is 0.269 e. The number of ether oxygens (including phenoxy) is 1. The zero-order chi connectivity index (χ0) is 23.6. The zero-order valence-electron chi connectivity index (χ0n) is 17.5. The van der Waals surface area contributed by atoms with Crippen molar-refractivity contribution in [3.63, 3.8) is 0 Å². The molecule has 1 unspecified atom stereocenters. The summed E-state index contributed by atoms with van der Waals surface area (Å²) < 4.78 is 32.7. The minimum Gasteiger partial charge on any atom is -0.351 e. The van der Waals surface area contributed by atoms with Crippen LogP contribution in [0.2, 0.25) is 0 Å². The molecule has 2 heterocycles. The van der Waals surface area contributed by atoms with Crippen molar-refractivity contribution in [1.29, 1.82) is 0 Å². The second-order valence-corrected chi connectivity index (χ2v) is 9.32. The van der Waals surface area contributed by atoms with Crippen LogP contribution < -0.4 is 0 Å². The highest BCUT2D eigenvalue weighted by Gasteiger charge is 2.37. The molecule has 174 valence electrons. The van der Waals surface area contributed by atoms with Crippen LogP contribution in [-0.2, 0) is 19.6 Å². The molecule has 2 amide bonds.